The first-order valence-electron chi connectivity index (χ1n) is 6.36. The van der Waals surface area contributed by atoms with Gasteiger partial charge in [-0.15, -0.1) is 0 Å². The molecular weight excluding hydrogens is 386 g/mol. The van der Waals surface area contributed by atoms with E-state index in [1.54, 1.807) is 0 Å². The molecule has 110 valence electrons. The van der Waals surface area contributed by atoms with Crippen LogP contribution in [0.15, 0.2) is 33.2 Å². The molecule has 5 heteroatoms. The Balaban J connectivity index is 2.36. The molecule has 0 atom stereocenters. The molecule has 0 bridgehead atoms. The molecule has 1 amide bonds. The Kier molecular flexibility index (Phi) is 6.76. The number of alkyl carbamates (subject to hydrolysis) is 1. The third-order valence-corrected chi connectivity index (χ3v) is 3.45. The third-order valence-electron chi connectivity index (χ3n) is 2.23. The van der Waals surface area contributed by atoms with Crippen molar-refractivity contribution in [1.29, 1.82) is 0 Å². The van der Waals surface area contributed by atoms with Gasteiger partial charge in [-0.3, -0.25) is 0 Å². The Morgan fingerprint density at radius 1 is 1.35 bits per heavy atom. The van der Waals surface area contributed by atoms with Gasteiger partial charge in [0.1, 0.15) is 5.60 Å². The van der Waals surface area contributed by atoms with Crippen LogP contribution in [0.3, 0.4) is 0 Å². The van der Waals surface area contributed by atoms with Crippen LogP contribution >= 0.6 is 31.9 Å². The highest BCUT2D eigenvalue weighted by molar-refractivity contribution is 9.11. The summed E-state index contributed by atoms with van der Waals surface area (Å²) >= 11 is 6.93. The van der Waals surface area contributed by atoms with Crippen LogP contribution in [0, 0.1) is 0 Å². The highest BCUT2D eigenvalue weighted by Gasteiger charge is 2.15. The number of nitrogens with one attached hydrogen (secondary N) is 1. The lowest BCUT2D eigenvalue weighted by Gasteiger charge is -2.19. The van der Waals surface area contributed by atoms with E-state index in [4.69, 9.17) is 4.74 Å². The molecule has 0 heterocycles. The smallest absolute Gasteiger partial charge is 0.407 e. The number of rotatable bonds is 4. The molecule has 0 aliphatic carbocycles. The molecule has 3 nitrogen and oxygen atoms in total. The fourth-order valence-corrected chi connectivity index (χ4v) is 2.18. The molecule has 0 aliphatic rings. The van der Waals surface area contributed by atoms with Gasteiger partial charge >= 0.3 is 6.09 Å². The number of benzene rings is 1. The van der Waals surface area contributed by atoms with Gasteiger partial charge in [0.25, 0.3) is 0 Å². The lowest BCUT2D eigenvalue weighted by atomic mass is 10.2. The number of hydrogen-bond acceptors (Lipinski definition) is 2. The molecule has 0 radical (unpaired) electrons. The molecule has 0 fully saturated rings. The van der Waals surface area contributed by atoms with Crippen LogP contribution in [-0.2, 0) is 4.74 Å². The number of halogens is 2. The van der Waals surface area contributed by atoms with Crippen LogP contribution in [0.5, 0.6) is 0 Å². The van der Waals surface area contributed by atoms with E-state index in [2.05, 4.69) is 37.2 Å². The van der Waals surface area contributed by atoms with Crippen molar-refractivity contribution in [3.8, 4) is 0 Å². The average Bonchev–Trinajstić information content (AvgIpc) is 2.30. The zero-order chi connectivity index (χ0) is 15.2. The van der Waals surface area contributed by atoms with Crippen molar-refractivity contribution >= 4 is 44.0 Å². The van der Waals surface area contributed by atoms with Crippen LogP contribution in [0.4, 0.5) is 4.79 Å². The van der Waals surface area contributed by atoms with Gasteiger partial charge in [-0.1, -0.05) is 44.0 Å². The van der Waals surface area contributed by atoms with Crippen LogP contribution in [-0.4, -0.2) is 18.2 Å². The summed E-state index contributed by atoms with van der Waals surface area (Å²) in [5.41, 5.74) is 0.637. The van der Waals surface area contributed by atoms with Gasteiger partial charge < -0.3 is 10.1 Å². The monoisotopic (exact) mass is 403 g/mol. The molecule has 0 spiro atoms. The minimum atomic E-state index is -0.457. The molecule has 0 unspecified atom stereocenters. The second kappa shape index (κ2) is 7.84. The van der Waals surface area contributed by atoms with E-state index in [1.165, 1.54) is 0 Å². The summed E-state index contributed by atoms with van der Waals surface area (Å²) in [7, 11) is 0. The maximum atomic E-state index is 11.4. The Bertz CT molecular complexity index is 493. The maximum Gasteiger partial charge on any atom is 0.407 e. The van der Waals surface area contributed by atoms with E-state index >= 15 is 0 Å². The molecule has 20 heavy (non-hydrogen) atoms. The first kappa shape index (κ1) is 17.2. The molecule has 1 aromatic carbocycles. The minimum absolute atomic E-state index is 0.380. The number of hydrogen-bond donors (Lipinski definition) is 1. The van der Waals surface area contributed by atoms with Gasteiger partial charge in [0, 0.05) is 15.5 Å². The molecule has 1 aromatic rings. The fraction of sp³-hybridized carbons (Fsp3) is 0.400. The van der Waals surface area contributed by atoms with Gasteiger partial charge in [0.15, 0.2) is 0 Å². The maximum absolute atomic E-state index is 11.4. The SMILES string of the molecule is CC(C)(C)OC(=O)NCCC=Cc1cc(Br)ccc1Br. The third kappa shape index (κ3) is 7.10. The second-order valence-electron chi connectivity index (χ2n) is 5.29. The highest BCUT2D eigenvalue weighted by Crippen LogP contribution is 2.22. The fourth-order valence-electron chi connectivity index (χ4n) is 1.42. The van der Waals surface area contributed by atoms with Crippen molar-refractivity contribution in [2.24, 2.45) is 0 Å². The van der Waals surface area contributed by atoms with Crippen molar-refractivity contribution in [2.75, 3.05) is 6.54 Å². The molecule has 0 saturated carbocycles. The molecular formula is C15H19Br2NO2. The summed E-state index contributed by atoms with van der Waals surface area (Å²) in [5.74, 6) is 0. The Morgan fingerprint density at radius 2 is 2.05 bits per heavy atom. The highest BCUT2D eigenvalue weighted by atomic mass is 79.9. The van der Waals surface area contributed by atoms with E-state index in [1.807, 2.05) is 51.1 Å². The van der Waals surface area contributed by atoms with Crippen molar-refractivity contribution in [1.82, 2.24) is 5.32 Å². The first-order valence-corrected chi connectivity index (χ1v) is 7.95. The molecule has 0 aromatic heterocycles. The van der Waals surface area contributed by atoms with Crippen LogP contribution < -0.4 is 5.32 Å². The molecule has 0 saturated heterocycles. The summed E-state index contributed by atoms with van der Waals surface area (Å²) in [6.45, 7) is 6.09. The van der Waals surface area contributed by atoms with Gasteiger partial charge in [-0.05, 0) is 51.0 Å². The summed E-state index contributed by atoms with van der Waals surface area (Å²) in [6.07, 6.45) is 4.41. The van der Waals surface area contributed by atoms with Gasteiger partial charge in [-0.25, -0.2) is 4.79 Å². The summed E-state index contributed by atoms with van der Waals surface area (Å²) in [4.78, 5) is 11.4. The standard InChI is InChI=1S/C15H19Br2NO2/c1-15(2,3)20-14(19)18-9-5-4-6-11-10-12(16)7-8-13(11)17/h4,6-8,10H,5,9H2,1-3H3,(H,18,19). The predicted octanol–water partition coefficient (Wildman–Crippen LogP) is 5.14. The number of carbonyl (C=O) groups excluding carboxylic acids is 1. The Hall–Kier alpha value is -0.810. The van der Waals surface area contributed by atoms with Gasteiger partial charge in [-0.2, -0.15) is 0 Å². The Morgan fingerprint density at radius 3 is 2.70 bits per heavy atom. The van der Waals surface area contributed by atoms with Crippen molar-refractivity contribution in [3.05, 3.63) is 38.8 Å². The summed E-state index contributed by atoms with van der Waals surface area (Å²) < 4.78 is 7.22. The number of amides is 1. The predicted molar refractivity (Wildman–Crippen MR) is 89.7 cm³/mol. The van der Waals surface area contributed by atoms with Crippen molar-refractivity contribution in [3.63, 3.8) is 0 Å². The van der Waals surface area contributed by atoms with Gasteiger partial charge in [0.05, 0.1) is 0 Å². The lowest BCUT2D eigenvalue weighted by Crippen LogP contribution is -2.32. The van der Waals surface area contributed by atoms with Crippen LogP contribution in [0.25, 0.3) is 6.08 Å². The topological polar surface area (TPSA) is 38.3 Å². The number of ether oxygens (including phenoxy) is 1. The number of carbonyl (C=O) groups is 1. The van der Waals surface area contributed by atoms with Gasteiger partial charge in [0.2, 0.25) is 0 Å². The molecule has 1 N–H and O–H groups in total. The van der Waals surface area contributed by atoms with Crippen LogP contribution in [0.2, 0.25) is 0 Å². The summed E-state index contributed by atoms with van der Waals surface area (Å²) in [6, 6.07) is 6.00. The van der Waals surface area contributed by atoms with E-state index in [0.29, 0.717) is 6.54 Å². The van der Waals surface area contributed by atoms with E-state index < -0.39 is 5.60 Å². The normalized spacial score (nSPS) is 11.7. The lowest BCUT2D eigenvalue weighted by molar-refractivity contribution is 0.0529. The van der Waals surface area contributed by atoms with Crippen LogP contribution in [0.1, 0.15) is 32.8 Å². The molecule has 1 rings (SSSR count). The van der Waals surface area contributed by atoms with Crippen molar-refractivity contribution in [2.45, 2.75) is 32.8 Å². The van der Waals surface area contributed by atoms with E-state index in [-0.39, 0.29) is 6.09 Å². The molecule has 0 aliphatic heterocycles. The van der Waals surface area contributed by atoms with Crippen molar-refractivity contribution < 1.29 is 9.53 Å². The second-order valence-corrected chi connectivity index (χ2v) is 7.06. The Labute approximate surface area is 137 Å². The minimum Gasteiger partial charge on any atom is -0.444 e. The first-order chi connectivity index (χ1) is 9.28. The van der Waals surface area contributed by atoms with E-state index in [9.17, 15) is 4.79 Å². The average molecular weight is 405 g/mol. The largest absolute Gasteiger partial charge is 0.444 e. The quantitative estimate of drug-likeness (QED) is 0.705. The zero-order valence-corrected chi connectivity index (χ0v) is 15.0. The van der Waals surface area contributed by atoms with E-state index in [0.717, 1.165) is 20.9 Å². The summed E-state index contributed by atoms with van der Waals surface area (Å²) in [5, 5.41) is 2.72. The zero-order valence-electron chi connectivity index (χ0n) is 11.9.